The Hall–Kier alpha value is -1.13. The van der Waals surface area contributed by atoms with E-state index < -0.39 is 5.54 Å². The van der Waals surface area contributed by atoms with Gasteiger partial charge in [0, 0.05) is 11.1 Å². The molecule has 0 aliphatic heterocycles. The summed E-state index contributed by atoms with van der Waals surface area (Å²) in [5.74, 6) is -0.754. The van der Waals surface area contributed by atoms with Crippen LogP contribution >= 0.6 is 11.6 Å². The zero-order chi connectivity index (χ0) is 13.9. The summed E-state index contributed by atoms with van der Waals surface area (Å²) < 4.78 is 17.7. The van der Waals surface area contributed by atoms with Crippen LogP contribution in [0.1, 0.15) is 32.4 Å². The lowest BCUT2D eigenvalue weighted by molar-refractivity contribution is -0.147. The van der Waals surface area contributed by atoms with Crippen LogP contribution < -0.4 is 5.32 Å². The maximum Gasteiger partial charge on any atom is 0.325 e. The molecule has 0 aliphatic carbocycles. The second-order valence-electron chi connectivity index (χ2n) is 4.65. The molecule has 0 saturated carbocycles. The number of rotatable bonds is 4. The van der Waals surface area contributed by atoms with Crippen LogP contribution in [-0.4, -0.2) is 18.6 Å². The van der Waals surface area contributed by atoms with E-state index in [9.17, 15) is 9.18 Å². The maximum absolute atomic E-state index is 13.0. The van der Waals surface area contributed by atoms with Crippen molar-refractivity contribution >= 4 is 17.6 Å². The average Bonchev–Trinajstić information content (AvgIpc) is 2.26. The SMILES string of the molecule is COC(=O)C(C)(C)NC(C)c1ccc(F)cc1Cl. The lowest BCUT2D eigenvalue weighted by atomic mass is 10.0. The minimum absolute atomic E-state index is 0.202. The van der Waals surface area contributed by atoms with Gasteiger partial charge in [0.05, 0.1) is 7.11 Å². The Morgan fingerprint density at radius 2 is 2.11 bits per heavy atom. The Morgan fingerprint density at radius 1 is 1.50 bits per heavy atom. The van der Waals surface area contributed by atoms with Gasteiger partial charge in [0.1, 0.15) is 11.4 Å². The number of nitrogens with one attached hydrogen (secondary N) is 1. The van der Waals surface area contributed by atoms with Gasteiger partial charge in [0.15, 0.2) is 0 Å². The van der Waals surface area contributed by atoms with Crippen LogP contribution in [0.4, 0.5) is 4.39 Å². The molecule has 100 valence electrons. The first-order valence-electron chi connectivity index (χ1n) is 5.59. The smallest absolute Gasteiger partial charge is 0.325 e. The van der Waals surface area contributed by atoms with Crippen molar-refractivity contribution < 1.29 is 13.9 Å². The van der Waals surface area contributed by atoms with Crippen molar-refractivity contribution in [2.24, 2.45) is 0 Å². The molecule has 0 saturated heterocycles. The molecule has 0 aromatic heterocycles. The number of carbonyl (C=O) groups excluding carboxylic acids is 1. The van der Waals surface area contributed by atoms with Crippen molar-refractivity contribution in [3.8, 4) is 0 Å². The van der Waals surface area contributed by atoms with Crippen molar-refractivity contribution in [2.45, 2.75) is 32.4 Å². The first-order chi connectivity index (χ1) is 8.27. The highest BCUT2D eigenvalue weighted by molar-refractivity contribution is 6.31. The van der Waals surface area contributed by atoms with E-state index in [2.05, 4.69) is 5.32 Å². The molecule has 0 aliphatic rings. The van der Waals surface area contributed by atoms with E-state index in [1.165, 1.54) is 19.2 Å². The Labute approximate surface area is 111 Å². The summed E-state index contributed by atoms with van der Waals surface area (Å²) in [5, 5.41) is 3.43. The molecule has 1 N–H and O–H groups in total. The lowest BCUT2D eigenvalue weighted by Crippen LogP contribution is -2.48. The van der Waals surface area contributed by atoms with E-state index >= 15 is 0 Å². The Balaban J connectivity index is 2.88. The molecule has 0 bridgehead atoms. The van der Waals surface area contributed by atoms with Gasteiger partial charge in [-0.15, -0.1) is 0 Å². The minimum atomic E-state index is -0.841. The summed E-state index contributed by atoms with van der Waals surface area (Å²) in [4.78, 5) is 11.6. The van der Waals surface area contributed by atoms with Crippen molar-refractivity contribution in [1.29, 1.82) is 0 Å². The van der Waals surface area contributed by atoms with Gasteiger partial charge < -0.3 is 4.74 Å². The molecule has 0 spiro atoms. The summed E-state index contributed by atoms with van der Waals surface area (Å²) in [6.07, 6.45) is 0. The number of halogens is 2. The van der Waals surface area contributed by atoms with E-state index in [1.807, 2.05) is 6.92 Å². The molecular formula is C13H17ClFNO2. The van der Waals surface area contributed by atoms with Gasteiger partial charge in [-0.3, -0.25) is 10.1 Å². The highest BCUT2D eigenvalue weighted by atomic mass is 35.5. The number of carbonyl (C=O) groups is 1. The number of ether oxygens (including phenoxy) is 1. The first-order valence-corrected chi connectivity index (χ1v) is 5.97. The average molecular weight is 274 g/mol. The van der Waals surface area contributed by atoms with Crippen LogP contribution in [0, 0.1) is 5.82 Å². The van der Waals surface area contributed by atoms with Crippen molar-refractivity contribution in [1.82, 2.24) is 5.32 Å². The van der Waals surface area contributed by atoms with Gasteiger partial charge in [-0.1, -0.05) is 17.7 Å². The lowest BCUT2D eigenvalue weighted by Gasteiger charge is -2.28. The molecular weight excluding hydrogens is 257 g/mol. The number of methoxy groups -OCH3 is 1. The monoisotopic (exact) mass is 273 g/mol. The summed E-state index contributed by atoms with van der Waals surface area (Å²) in [5.41, 5.74) is -0.110. The third kappa shape index (κ3) is 3.43. The van der Waals surface area contributed by atoms with Gasteiger partial charge in [-0.2, -0.15) is 0 Å². The summed E-state index contributed by atoms with van der Waals surface area (Å²) in [6, 6.07) is 3.99. The number of benzene rings is 1. The number of esters is 1. The second kappa shape index (κ2) is 5.67. The fraction of sp³-hybridized carbons (Fsp3) is 0.462. The van der Waals surface area contributed by atoms with Gasteiger partial charge >= 0.3 is 5.97 Å². The zero-order valence-corrected chi connectivity index (χ0v) is 11.6. The normalized spacial score (nSPS) is 13.2. The molecule has 0 amide bonds. The van der Waals surface area contributed by atoms with E-state index in [4.69, 9.17) is 16.3 Å². The Kier molecular flexibility index (Phi) is 4.71. The van der Waals surface area contributed by atoms with Gasteiger partial charge in [-0.05, 0) is 38.5 Å². The summed E-state index contributed by atoms with van der Waals surface area (Å²) in [6.45, 7) is 5.28. The van der Waals surface area contributed by atoms with Crippen LogP contribution in [0.25, 0.3) is 0 Å². The molecule has 0 heterocycles. The predicted octanol–water partition coefficient (Wildman–Crippen LogP) is 3.08. The highest BCUT2D eigenvalue weighted by Crippen LogP contribution is 2.25. The molecule has 0 fully saturated rings. The number of hydrogen-bond donors (Lipinski definition) is 1. The standard InChI is InChI=1S/C13H17ClFNO2/c1-8(16-13(2,3)12(17)18-4)10-6-5-9(15)7-11(10)14/h5-8,16H,1-4H3. The fourth-order valence-electron chi connectivity index (χ4n) is 1.79. The van der Waals surface area contributed by atoms with Crippen molar-refractivity contribution in [3.05, 3.63) is 34.6 Å². The molecule has 1 atom stereocenters. The molecule has 0 radical (unpaired) electrons. The summed E-state index contributed by atoms with van der Waals surface area (Å²) >= 11 is 5.97. The third-order valence-electron chi connectivity index (χ3n) is 2.70. The molecule has 18 heavy (non-hydrogen) atoms. The molecule has 1 rings (SSSR count). The quantitative estimate of drug-likeness (QED) is 0.857. The Morgan fingerprint density at radius 3 is 2.61 bits per heavy atom. The van der Waals surface area contributed by atoms with E-state index in [0.29, 0.717) is 5.02 Å². The van der Waals surface area contributed by atoms with Gasteiger partial charge in [0.2, 0.25) is 0 Å². The molecule has 1 unspecified atom stereocenters. The molecule has 1 aromatic carbocycles. The molecule has 1 aromatic rings. The first kappa shape index (κ1) is 14.9. The molecule has 5 heteroatoms. The van der Waals surface area contributed by atoms with Crippen LogP contribution in [0.3, 0.4) is 0 Å². The van der Waals surface area contributed by atoms with Crippen LogP contribution in [-0.2, 0) is 9.53 Å². The van der Waals surface area contributed by atoms with Crippen molar-refractivity contribution in [2.75, 3.05) is 7.11 Å². The van der Waals surface area contributed by atoms with Crippen LogP contribution in [0.15, 0.2) is 18.2 Å². The zero-order valence-electron chi connectivity index (χ0n) is 10.9. The maximum atomic E-state index is 13.0. The molecule has 3 nitrogen and oxygen atoms in total. The Bertz CT molecular complexity index is 449. The fourth-order valence-corrected chi connectivity index (χ4v) is 2.12. The minimum Gasteiger partial charge on any atom is -0.468 e. The van der Waals surface area contributed by atoms with E-state index in [0.717, 1.165) is 5.56 Å². The number of hydrogen-bond acceptors (Lipinski definition) is 3. The third-order valence-corrected chi connectivity index (χ3v) is 3.03. The van der Waals surface area contributed by atoms with Crippen LogP contribution in [0.5, 0.6) is 0 Å². The second-order valence-corrected chi connectivity index (χ2v) is 5.06. The highest BCUT2D eigenvalue weighted by Gasteiger charge is 2.30. The van der Waals surface area contributed by atoms with E-state index in [1.54, 1.807) is 19.9 Å². The topological polar surface area (TPSA) is 38.3 Å². The van der Waals surface area contributed by atoms with E-state index in [-0.39, 0.29) is 17.8 Å². The predicted molar refractivity (Wildman–Crippen MR) is 69.1 cm³/mol. The van der Waals surface area contributed by atoms with Gasteiger partial charge in [0.25, 0.3) is 0 Å². The summed E-state index contributed by atoms with van der Waals surface area (Å²) in [7, 11) is 1.33. The van der Waals surface area contributed by atoms with Crippen LogP contribution in [0.2, 0.25) is 5.02 Å². The van der Waals surface area contributed by atoms with Crippen molar-refractivity contribution in [3.63, 3.8) is 0 Å². The largest absolute Gasteiger partial charge is 0.468 e. The van der Waals surface area contributed by atoms with Gasteiger partial charge in [-0.25, -0.2) is 4.39 Å².